The maximum atomic E-state index is 10.7. The zero-order valence-corrected chi connectivity index (χ0v) is 9.48. The monoisotopic (exact) mass is 274 g/mol. The maximum Gasteiger partial charge on any atom is 0.273 e. The van der Waals surface area contributed by atoms with Crippen LogP contribution in [0.25, 0.3) is 0 Å². The number of nitro benzene ring substituents is 1. The van der Waals surface area contributed by atoms with Crippen molar-refractivity contribution in [2.24, 2.45) is 5.73 Å². The fraction of sp³-hybridized carbons (Fsp3) is 0.333. The molecule has 0 amide bonds. The second kappa shape index (κ2) is 5.20. The van der Waals surface area contributed by atoms with E-state index in [0.29, 0.717) is 10.0 Å². The SMILES string of the molecule is NCC(O)Cc1ccc(Br)cc1[N+](=O)[O-]. The molecule has 3 N–H and O–H groups in total. The largest absolute Gasteiger partial charge is 0.391 e. The first-order chi connectivity index (χ1) is 7.04. The molecule has 1 unspecified atom stereocenters. The molecule has 1 aromatic carbocycles. The summed E-state index contributed by atoms with van der Waals surface area (Å²) in [6.45, 7) is 0.0905. The number of nitrogens with two attached hydrogens (primary N) is 1. The molecule has 0 spiro atoms. The first-order valence-corrected chi connectivity index (χ1v) is 5.15. The number of hydrogen-bond acceptors (Lipinski definition) is 4. The van der Waals surface area contributed by atoms with Crippen molar-refractivity contribution < 1.29 is 10.0 Å². The highest BCUT2D eigenvalue weighted by Gasteiger charge is 2.16. The Morgan fingerprint density at radius 1 is 1.60 bits per heavy atom. The van der Waals surface area contributed by atoms with E-state index in [1.165, 1.54) is 6.07 Å². The molecule has 0 radical (unpaired) electrons. The van der Waals surface area contributed by atoms with E-state index in [1.54, 1.807) is 12.1 Å². The lowest BCUT2D eigenvalue weighted by Gasteiger charge is -2.08. The van der Waals surface area contributed by atoms with Crippen molar-refractivity contribution in [1.29, 1.82) is 0 Å². The summed E-state index contributed by atoms with van der Waals surface area (Å²) in [6, 6.07) is 4.73. The molecular formula is C9H11BrN2O3. The lowest BCUT2D eigenvalue weighted by molar-refractivity contribution is -0.385. The number of benzene rings is 1. The molecule has 0 aliphatic heterocycles. The molecule has 0 saturated carbocycles. The van der Waals surface area contributed by atoms with Crippen LogP contribution in [0.3, 0.4) is 0 Å². The van der Waals surface area contributed by atoms with Crippen molar-refractivity contribution in [1.82, 2.24) is 0 Å². The predicted molar refractivity (Wildman–Crippen MR) is 59.6 cm³/mol. The van der Waals surface area contributed by atoms with Gasteiger partial charge < -0.3 is 10.8 Å². The van der Waals surface area contributed by atoms with Crippen LogP contribution in [0.1, 0.15) is 5.56 Å². The van der Waals surface area contributed by atoms with E-state index in [9.17, 15) is 15.2 Å². The van der Waals surface area contributed by atoms with E-state index in [1.807, 2.05) is 0 Å². The van der Waals surface area contributed by atoms with Crippen LogP contribution in [0.15, 0.2) is 22.7 Å². The molecule has 0 aromatic heterocycles. The molecule has 5 nitrogen and oxygen atoms in total. The van der Waals surface area contributed by atoms with Gasteiger partial charge in [0.25, 0.3) is 5.69 Å². The molecule has 1 atom stereocenters. The number of aliphatic hydroxyl groups is 1. The predicted octanol–water partition coefficient (Wildman–Crippen LogP) is 1.22. The maximum absolute atomic E-state index is 10.7. The molecule has 0 heterocycles. The third kappa shape index (κ3) is 3.26. The summed E-state index contributed by atoms with van der Waals surface area (Å²) in [6.07, 6.45) is -0.551. The van der Waals surface area contributed by atoms with Crippen molar-refractivity contribution >= 4 is 21.6 Å². The third-order valence-electron chi connectivity index (χ3n) is 1.97. The van der Waals surface area contributed by atoms with Crippen molar-refractivity contribution in [3.8, 4) is 0 Å². The normalized spacial score (nSPS) is 12.5. The minimum atomic E-state index is -0.745. The summed E-state index contributed by atoms with van der Waals surface area (Å²) >= 11 is 3.16. The summed E-state index contributed by atoms with van der Waals surface area (Å²) in [7, 11) is 0. The van der Waals surface area contributed by atoms with Gasteiger partial charge in [0.05, 0.1) is 11.0 Å². The average Bonchev–Trinajstić information content (AvgIpc) is 2.20. The molecule has 1 aromatic rings. The zero-order valence-electron chi connectivity index (χ0n) is 7.89. The Balaban J connectivity index is 3.01. The molecule has 0 aliphatic rings. The lowest BCUT2D eigenvalue weighted by atomic mass is 10.1. The molecule has 0 bridgehead atoms. The Kier molecular flexibility index (Phi) is 4.19. The topological polar surface area (TPSA) is 89.4 Å². The van der Waals surface area contributed by atoms with E-state index < -0.39 is 11.0 Å². The van der Waals surface area contributed by atoms with Gasteiger partial charge in [0, 0.05) is 29.1 Å². The molecule has 0 saturated heterocycles. The van der Waals surface area contributed by atoms with E-state index in [0.717, 1.165) is 0 Å². The van der Waals surface area contributed by atoms with Gasteiger partial charge in [0.1, 0.15) is 0 Å². The van der Waals surface area contributed by atoms with Crippen molar-refractivity contribution in [3.63, 3.8) is 0 Å². The number of rotatable bonds is 4. The first kappa shape index (κ1) is 12.1. The van der Waals surface area contributed by atoms with Gasteiger partial charge in [-0.25, -0.2) is 0 Å². The molecule has 15 heavy (non-hydrogen) atoms. The van der Waals surface area contributed by atoms with Gasteiger partial charge in [-0.2, -0.15) is 0 Å². The number of aliphatic hydroxyl groups excluding tert-OH is 1. The second-order valence-electron chi connectivity index (χ2n) is 3.12. The number of nitrogens with zero attached hydrogens (tertiary/aromatic N) is 1. The van der Waals surface area contributed by atoms with Crippen molar-refractivity contribution in [2.45, 2.75) is 12.5 Å². The second-order valence-corrected chi connectivity index (χ2v) is 4.04. The molecular weight excluding hydrogens is 264 g/mol. The Labute approximate surface area is 95.2 Å². The fourth-order valence-electron chi connectivity index (χ4n) is 1.22. The van der Waals surface area contributed by atoms with Gasteiger partial charge in [-0.1, -0.05) is 22.0 Å². The molecule has 82 valence electrons. The van der Waals surface area contributed by atoms with Crippen LogP contribution in [-0.4, -0.2) is 22.7 Å². The highest BCUT2D eigenvalue weighted by atomic mass is 79.9. The Bertz CT molecular complexity index is 370. The number of halogens is 1. The summed E-state index contributed by atoms with van der Waals surface area (Å²) in [5, 5.41) is 20.0. The summed E-state index contributed by atoms with van der Waals surface area (Å²) in [5.41, 5.74) is 5.73. The highest BCUT2D eigenvalue weighted by Crippen LogP contribution is 2.24. The Morgan fingerprint density at radius 2 is 2.27 bits per heavy atom. The molecule has 6 heteroatoms. The van der Waals surface area contributed by atoms with Crippen LogP contribution >= 0.6 is 15.9 Å². The standard InChI is InChI=1S/C9H11BrN2O3/c10-7-2-1-6(3-8(13)5-11)9(4-7)12(14)15/h1-2,4,8,13H,3,5,11H2. The highest BCUT2D eigenvalue weighted by molar-refractivity contribution is 9.10. The van der Waals surface area contributed by atoms with Crippen molar-refractivity contribution in [2.75, 3.05) is 6.54 Å². The van der Waals surface area contributed by atoms with Crippen molar-refractivity contribution in [3.05, 3.63) is 38.3 Å². The smallest absolute Gasteiger partial charge is 0.273 e. The summed E-state index contributed by atoms with van der Waals surface area (Å²) in [5.74, 6) is 0. The van der Waals surface area contributed by atoms with Gasteiger partial charge in [-0.3, -0.25) is 10.1 Å². The van der Waals surface area contributed by atoms with Crippen LogP contribution < -0.4 is 5.73 Å². The lowest BCUT2D eigenvalue weighted by Crippen LogP contribution is -2.22. The quantitative estimate of drug-likeness (QED) is 0.638. The van der Waals surface area contributed by atoms with Crippen LogP contribution in [0.4, 0.5) is 5.69 Å². The van der Waals surface area contributed by atoms with Crippen LogP contribution in [0.2, 0.25) is 0 Å². The van der Waals surface area contributed by atoms with Gasteiger partial charge in [-0.05, 0) is 6.07 Å². The van der Waals surface area contributed by atoms with Gasteiger partial charge in [0.15, 0.2) is 0 Å². The molecule has 1 rings (SSSR count). The number of nitro groups is 1. The number of hydrogen-bond donors (Lipinski definition) is 2. The molecule has 0 aliphatic carbocycles. The third-order valence-corrected chi connectivity index (χ3v) is 2.46. The van der Waals surface area contributed by atoms with Gasteiger partial charge in [-0.15, -0.1) is 0 Å². The van der Waals surface area contributed by atoms with E-state index in [2.05, 4.69) is 15.9 Å². The molecule has 0 fully saturated rings. The van der Waals surface area contributed by atoms with Gasteiger partial charge >= 0.3 is 0 Å². The van der Waals surface area contributed by atoms with Crippen LogP contribution in [0.5, 0.6) is 0 Å². The first-order valence-electron chi connectivity index (χ1n) is 4.35. The summed E-state index contributed by atoms with van der Waals surface area (Å²) in [4.78, 5) is 10.2. The van der Waals surface area contributed by atoms with E-state index in [4.69, 9.17) is 5.73 Å². The Morgan fingerprint density at radius 3 is 2.80 bits per heavy atom. The van der Waals surface area contributed by atoms with Crippen LogP contribution in [0, 0.1) is 10.1 Å². The minimum Gasteiger partial charge on any atom is -0.391 e. The Hall–Kier alpha value is -0.980. The van der Waals surface area contributed by atoms with E-state index >= 15 is 0 Å². The average molecular weight is 275 g/mol. The van der Waals surface area contributed by atoms with E-state index in [-0.39, 0.29) is 18.7 Å². The summed E-state index contributed by atoms with van der Waals surface area (Å²) < 4.78 is 0.639. The minimum absolute atomic E-state index is 0.00289. The zero-order chi connectivity index (χ0) is 11.4. The van der Waals surface area contributed by atoms with Gasteiger partial charge in [0.2, 0.25) is 0 Å². The van der Waals surface area contributed by atoms with Crippen LogP contribution in [-0.2, 0) is 6.42 Å². The fourth-order valence-corrected chi connectivity index (χ4v) is 1.57.